The van der Waals surface area contributed by atoms with Crippen LogP contribution in [-0.4, -0.2) is 16.7 Å². The number of aliphatic hydroxyl groups is 1. The molecule has 1 aromatic heterocycles. The molecule has 0 fully saturated rings. The van der Waals surface area contributed by atoms with Gasteiger partial charge in [0.25, 0.3) is 0 Å². The van der Waals surface area contributed by atoms with E-state index in [-0.39, 0.29) is 18.4 Å². The first-order valence-corrected chi connectivity index (χ1v) is 9.35. The molecule has 128 valence electrons. The van der Waals surface area contributed by atoms with Crippen LogP contribution in [0.25, 0.3) is 0 Å². The number of pyridine rings is 1. The summed E-state index contributed by atoms with van der Waals surface area (Å²) in [5, 5.41) is 9.72. The van der Waals surface area contributed by atoms with Crippen LogP contribution in [0.15, 0.2) is 47.7 Å². The van der Waals surface area contributed by atoms with Crippen molar-refractivity contribution in [2.45, 2.75) is 51.9 Å². The largest absolute Gasteiger partial charge is 0.396 e. The number of halogens is 1. The Labute approximate surface area is 149 Å². The lowest BCUT2D eigenvalue weighted by atomic mass is 9.73. The summed E-state index contributed by atoms with van der Waals surface area (Å²) in [6, 6.07) is 4.09. The Morgan fingerprint density at radius 3 is 2.65 bits per heavy atom. The number of hydrogen-bond acceptors (Lipinski definition) is 2. The van der Waals surface area contributed by atoms with Crippen molar-refractivity contribution in [3.05, 3.63) is 53.3 Å². The van der Waals surface area contributed by atoms with Gasteiger partial charge in [-0.05, 0) is 77.4 Å². The Morgan fingerprint density at radius 1 is 1.39 bits per heavy atom. The van der Waals surface area contributed by atoms with Gasteiger partial charge in [0.15, 0.2) is 0 Å². The van der Waals surface area contributed by atoms with Gasteiger partial charge in [0.1, 0.15) is 4.60 Å². The molecule has 0 radical (unpaired) electrons. The van der Waals surface area contributed by atoms with Crippen LogP contribution in [0, 0.1) is 11.8 Å². The molecule has 0 aliphatic carbocycles. The second-order valence-electron chi connectivity index (χ2n) is 6.31. The van der Waals surface area contributed by atoms with Gasteiger partial charge in [0.05, 0.1) is 0 Å². The standard InChI is InChI=1S/C20H30BrNO/c1-5-7-8-9-10-15(3)18(6-2)20(16(4)14-23)17-11-12-19(21)22-13-17/h5,11-13,16,18,20,23H,1,3,6-10,14H2,2,4H3/t16-,18-,20-/m1/s1. The second-order valence-corrected chi connectivity index (χ2v) is 7.12. The zero-order chi connectivity index (χ0) is 17.2. The van der Waals surface area contributed by atoms with Crippen LogP contribution in [0.4, 0.5) is 0 Å². The molecule has 0 spiro atoms. The zero-order valence-electron chi connectivity index (χ0n) is 14.5. The van der Waals surface area contributed by atoms with E-state index in [1.807, 2.05) is 18.3 Å². The SMILES string of the molecule is C=CCCCCC(=C)[C@@H](CC)[C@@H](c1ccc(Br)nc1)[C@H](C)CO. The third kappa shape index (κ3) is 6.23. The van der Waals surface area contributed by atoms with Crippen LogP contribution in [0.3, 0.4) is 0 Å². The minimum absolute atomic E-state index is 0.182. The third-order valence-corrected chi connectivity index (χ3v) is 5.06. The van der Waals surface area contributed by atoms with Gasteiger partial charge >= 0.3 is 0 Å². The Bertz CT molecular complexity index is 483. The molecule has 0 saturated heterocycles. The Morgan fingerprint density at radius 2 is 2.13 bits per heavy atom. The quantitative estimate of drug-likeness (QED) is 0.295. The molecular formula is C20H30BrNO. The normalized spacial score (nSPS) is 15.0. The number of rotatable bonds is 11. The molecule has 0 aromatic carbocycles. The molecule has 0 unspecified atom stereocenters. The topological polar surface area (TPSA) is 33.1 Å². The smallest absolute Gasteiger partial charge is 0.106 e. The van der Waals surface area contributed by atoms with E-state index in [9.17, 15) is 5.11 Å². The average Bonchev–Trinajstić information content (AvgIpc) is 2.56. The lowest BCUT2D eigenvalue weighted by molar-refractivity contribution is 0.194. The van der Waals surface area contributed by atoms with E-state index < -0.39 is 0 Å². The van der Waals surface area contributed by atoms with Gasteiger partial charge in [-0.3, -0.25) is 0 Å². The predicted molar refractivity (Wildman–Crippen MR) is 103 cm³/mol. The lowest BCUT2D eigenvalue weighted by Gasteiger charge is -2.32. The van der Waals surface area contributed by atoms with Crippen molar-refractivity contribution >= 4 is 15.9 Å². The minimum atomic E-state index is 0.182. The summed E-state index contributed by atoms with van der Waals surface area (Å²) in [6.07, 6.45) is 9.37. The summed E-state index contributed by atoms with van der Waals surface area (Å²) in [4.78, 5) is 4.37. The van der Waals surface area contributed by atoms with Gasteiger partial charge in [-0.15, -0.1) is 6.58 Å². The van der Waals surface area contributed by atoms with Gasteiger partial charge in [-0.1, -0.05) is 38.1 Å². The molecule has 0 bridgehead atoms. The number of aliphatic hydroxyl groups excluding tert-OH is 1. The van der Waals surface area contributed by atoms with Crippen LogP contribution >= 0.6 is 15.9 Å². The molecule has 1 heterocycles. The van der Waals surface area contributed by atoms with E-state index in [4.69, 9.17) is 0 Å². The summed E-state index contributed by atoms with van der Waals surface area (Å²) in [7, 11) is 0. The van der Waals surface area contributed by atoms with Crippen LogP contribution in [0.1, 0.15) is 57.4 Å². The van der Waals surface area contributed by atoms with E-state index >= 15 is 0 Å². The van der Waals surface area contributed by atoms with Crippen molar-refractivity contribution in [1.29, 1.82) is 0 Å². The van der Waals surface area contributed by atoms with Crippen molar-refractivity contribution in [2.75, 3.05) is 6.61 Å². The first-order chi connectivity index (χ1) is 11.0. The first kappa shape index (κ1) is 20.1. The molecule has 1 rings (SSSR count). The maximum absolute atomic E-state index is 9.72. The van der Waals surface area contributed by atoms with Crippen molar-refractivity contribution < 1.29 is 5.11 Å². The maximum atomic E-state index is 9.72. The molecule has 0 aliphatic heterocycles. The van der Waals surface area contributed by atoms with Gasteiger partial charge in [0, 0.05) is 12.8 Å². The highest BCUT2D eigenvalue weighted by Gasteiger charge is 2.28. The molecule has 0 amide bonds. The fraction of sp³-hybridized carbons (Fsp3) is 0.550. The lowest BCUT2D eigenvalue weighted by Crippen LogP contribution is -2.23. The van der Waals surface area contributed by atoms with E-state index in [1.165, 1.54) is 17.6 Å². The predicted octanol–water partition coefficient (Wildman–Crippen LogP) is 5.88. The van der Waals surface area contributed by atoms with Crippen LogP contribution in [0.5, 0.6) is 0 Å². The number of unbranched alkanes of at least 4 members (excludes halogenated alkanes) is 2. The van der Waals surface area contributed by atoms with Gasteiger partial charge in [-0.25, -0.2) is 4.98 Å². The van der Waals surface area contributed by atoms with E-state index in [0.29, 0.717) is 5.92 Å². The van der Waals surface area contributed by atoms with Crippen LogP contribution in [-0.2, 0) is 0 Å². The highest BCUT2D eigenvalue weighted by molar-refractivity contribution is 9.10. The summed E-state index contributed by atoms with van der Waals surface area (Å²) >= 11 is 3.39. The number of nitrogens with zero attached hydrogens (tertiary/aromatic N) is 1. The van der Waals surface area contributed by atoms with Gasteiger partial charge < -0.3 is 5.11 Å². The number of hydrogen-bond donors (Lipinski definition) is 1. The highest BCUT2D eigenvalue weighted by Crippen LogP contribution is 2.39. The van der Waals surface area contributed by atoms with Crippen molar-refractivity contribution in [1.82, 2.24) is 4.98 Å². The number of aromatic nitrogens is 1. The van der Waals surface area contributed by atoms with E-state index in [2.05, 4.69) is 54.0 Å². The van der Waals surface area contributed by atoms with Gasteiger partial charge in [-0.2, -0.15) is 0 Å². The minimum Gasteiger partial charge on any atom is -0.396 e. The summed E-state index contributed by atoms with van der Waals surface area (Å²) in [5.74, 6) is 0.828. The van der Waals surface area contributed by atoms with Crippen molar-refractivity contribution in [3.8, 4) is 0 Å². The molecular weight excluding hydrogens is 350 g/mol. The maximum Gasteiger partial charge on any atom is 0.106 e. The Kier molecular flexibility index (Phi) is 9.42. The summed E-state index contributed by atoms with van der Waals surface area (Å²) < 4.78 is 0.841. The van der Waals surface area contributed by atoms with Gasteiger partial charge in [0.2, 0.25) is 0 Å². The monoisotopic (exact) mass is 379 g/mol. The molecule has 3 atom stereocenters. The molecule has 0 saturated carbocycles. The summed E-state index contributed by atoms with van der Waals surface area (Å²) in [5.41, 5.74) is 2.48. The second kappa shape index (κ2) is 10.8. The molecule has 3 heteroatoms. The third-order valence-electron chi connectivity index (χ3n) is 4.59. The molecule has 1 aromatic rings. The molecule has 1 N–H and O–H groups in total. The fourth-order valence-corrected chi connectivity index (χ4v) is 3.51. The van der Waals surface area contributed by atoms with Crippen molar-refractivity contribution in [2.24, 2.45) is 11.8 Å². The highest BCUT2D eigenvalue weighted by atomic mass is 79.9. The van der Waals surface area contributed by atoms with E-state index in [0.717, 1.165) is 30.3 Å². The Hall–Kier alpha value is -0.930. The Balaban J connectivity index is 2.91. The van der Waals surface area contributed by atoms with Crippen LogP contribution in [0.2, 0.25) is 0 Å². The average molecular weight is 380 g/mol. The zero-order valence-corrected chi connectivity index (χ0v) is 16.1. The van der Waals surface area contributed by atoms with Crippen molar-refractivity contribution in [3.63, 3.8) is 0 Å². The number of allylic oxidation sites excluding steroid dienone is 2. The first-order valence-electron chi connectivity index (χ1n) is 8.55. The molecule has 23 heavy (non-hydrogen) atoms. The fourth-order valence-electron chi connectivity index (χ4n) is 3.28. The molecule has 2 nitrogen and oxygen atoms in total. The van der Waals surface area contributed by atoms with Crippen LogP contribution < -0.4 is 0 Å². The summed E-state index contributed by atoms with van der Waals surface area (Å²) in [6.45, 7) is 12.6. The van der Waals surface area contributed by atoms with E-state index in [1.54, 1.807) is 0 Å². The molecule has 0 aliphatic rings.